The van der Waals surface area contributed by atoms with Gasteiger partial charge in [0.2, 0.25) is 0 Å². The van der Waals surface area contributed by atoms with E-state index >= 15 is 0 Å². The summed E-state index contributed by atoms with van der Waals surface area (Å²) in [4.78, 5) is 6.68. The third-order valence-corrected chi connectivity index (χ3v) is 5.94. The molecule has 1 aliphatic heterocycles. The van der Waals surface area contributed by atoms with Crippen molar-refractivity contribution in [2.45, 2.75) is 25.8 Å². The number of pyridine rings is 1. The number of rotatable bonds is 6. The van der Waals surface area contributed by atoms with Crippen molar-refractivity contribution in [3.05, 3.63) is 29.0 Å². The van der Waals surface area contributed by atoms with Crippen LogP contribution in [0, 0.1) is 11.8 Å². The van der Waals surface area contributed by atoms with Crippen molar-refractivity contribution in [2.75, 3.05) is 39.1 Å². The van der Waals surface area contributed by atoms with Gasteiger partial charge in [-0.3, -0.25) is 4.68 Å². The second-order valence-electron chi connectivity index (χ2n) is 7.69. The summed E-state index contributed by atoms with van der Waals surface area (Å²) in [6.45, 7) is 8.51. The molecule has 2 aromatic heterocycles. The fourth-order valence-electron chi connectivity index (χ4n) is 4.26. The zero-order chi connectivity index (χ0) is 18.4. The molecule has 3 heterocycles. The molecule has 3 atom stereocenters. The highest BCUT2D eigenvalue weighted by Gasteiger charge is 2.57. The van der Waals surface area contributed by atoms with E-state index in [2.05, 4.69) is 34.5 Å². The summed E-state index contributed by atoms with van der Waals surface area (Å²) < 4.78 is 7.37. The van der Waals surface area contributed by atoms with E-state index in [1.165, 1.54) is 5.69 Å². The van der Waals surface area contributed by atoms with Crippen molar-refractivity contribution in [1.82, 2.24) is 19.7 Å². The van der Waals surface area contributed by atoms with Crippen LogP contribution in [0.15, 0.2) is 18.3 Å². The first-order valence-electron chi connectivity index (χ1n) is 9.21. The van der Waals surface area contributed by atoms with Crippen LogP contribution in [0.2, 0.25) is 5.02 Å². The monoisotopic (exact) mass is 375 g/mol. The summed E-state index contributed by atoms with van der Waals surface area (Å²) in [5, 5.41) is 5.32. The Hall–Kier alpha value is -1.63. The second-order valence-corrected chi connectivity index (χ2v) is 8.10. The molecule has 140 valence electrons. The average Bonchev–Trinajstić information content (AvgIpc) is 3.00. The highest BCUT2D eigenvalue weighted by Crippen LogP contribution is 2.58. The number of ether oxygens (including phenoxy) is 1. The van der Waals surface area contributed by atoms with Gasteiger partial charge >= 0.3 is 0 Å². The van der Waals surface area contributed by atoms with Gasteiger partial charge in [-0.05, 0) is 37.8 Å². The molecule has 0 radical (unpaired) electrons. The summed E-state index contributed by atoms with van der Waals surface area (Å²) in [6, 6.07) is 4.38. The SMILES string of the molecule is COCCN1C[C@@H]2[C@H](C1)[C@H]2c1cc(-c2cnc(N)c(Cl)c2)nn1C(C)C. The molecule has 0 spiro atoms. The molecule has 2 aromatic rings. The first-order chi connectivity index (χ1) is 12.5. The maximum Gasteiger partial charge on any atom is 0.142 e. The topological polar surface area (TPSA) is 69.2 Å². The summed E-state index contributed by atoms with van der Waals surface area (Å²) in [5.41, 5.74) is 8.91. The van der Waals surface area contributed by atoms with Crippen molar-refractivity contribution >= 4 is 17.4 Å². The molecule has 2 aliphatic rings. The van der Waals surface area contributed by atoms with Gasteiger partial charge in [0.1, 0.15) is 5.82 Å². The molecule has 7 heteroatoms. The number of methoxy groups -OCH3 is 1. The van der Waals surface area contributed by atoms with Crippen LogP contribution < -0.4 is 5.73 Å². The fraction of sp³-hybridized carbons (Fsp3) is 0.579. The molecule has 1 saturated heterocycles. The van der Waals surface area contributed by atoms with Crippen LogP contribution in [0.25, 0.3) is 11.3 Å². The minimum atomic E-state index is 0.321. The fourth-order valence-corrected chi connectivity index (χ4v) is 4.42. The van der Waals surface area contributed by atoms with Crippen molar-refractivity contribution < 1.29 is 4.74 Å². The molecule has 0 amide bonds. The first kappa shape index (κ1) is 17.8. The Kier molecular flexibility index (Phi) is 4.67. The highest BCUT2D eigenvalue weighted by atomic mass is 35.5. The minimum Gasteiger partial charge on any atom is -0.383 e. The van der Waals surface area contributed by atoms with Gasteiger partial charge in [0.15, 0.2) is 0 Å². The number of nitrogens with zero attached hydrogens (tertiary/aromatic N) is 4. The van der Waals surface area contributed by atoms with Gasteiger partial charge in [0, 0.05) is 56.2 Å². The number of fused-ring (bicyclic) bond motifs is 1. The van der Waals surface area contributed by atoms with E-state index in [0.717, 1.165) is 49.3 Å². The number of anilines is 1. The van der Waals surface area contributed by atoms with Gasteiger partial charge in [-0.25, -0.2) is 4.98 Å². The molecule has 4 rings (SSSR count). The van der Waals surface area contributed by atoms with Gasteiger partial charge in [-0.2, -0.15) is 5.10 Å². The third kappa shape index (κ3) is 3.10. The summed E-state index contributed by atoms with van der Waals surface area (Å²) >= 11 is 6.15. The lowest BCUT2D eigenvalue weighted by molar-refractivity contribution is 0.153. The van der Waals surface area contributed by atoms with Gasteiger partial charge in [-0.15, -0.1) is 0 Å². The van der Waals surface area contributed by atoms with Crippen molar-refractivity contribution in [3.8, 4) is 11.3 Å². The van der Waals surface area contributed by atoms with E-state index in [4.69, 9.17) is 27.2 Å². The quantitative estimate of drug-likeness (QED) is 0.840. The molecule has 0 aromatic carbocycles. The van der Waals surface area contributed by atoms with Crippen LogP contribution in [-0.4, -0.2) is 53.0 Å². The summed E-state index contributed by atoms with van der Waals surface area (Å²) in [5.74, 6) is 2.44. The van der Waals surface area contributed by atoms with Crippen LogP contribution in [0.3, 0.4) is 0 Å². The minimum absolute atomic E-state index is 0.321. The molecule has 1 saturated carbocycles. The highest BCUT2D eigenvalue weighted by molar-refractivity contribution is 6.33. The second kappa shape index (κ2) is 6.83. The van der Waals surface area contributed by atoms with E-state index < -0.39 is 0 Å². The lowest BCUT2D eigenvalue weighted by atomic mass is 10.1. The predicted molar refractivity (Wildman–Crippen MR) is 103 cm³/mol. The normalized spacial score (nSPS) is 25.0. The average molecular weight is 376 g/mol. The zero-order valence-corrected chi connectivity index (χ0v) is 16.3. The van der Waals surface area contributed by atoms with Gasteiger partial charge in [-0.1, -0.05) is 11.6 Å². The summed E-state index contributed by atoms with van der Waals surface area (Å²) in [7, 11) is 1.76. The van der Waals surface area contributed by atoms with Gasteiger partial charge in [0.25, 0.3) is 0 Å². The number of likely N-dealkylation sites (tertiary alicyclic amines) is 1. The standard InChI is InChI=1S/C19H26ClN5O/c1-11(2)25-17(18-13-9-24(4-5-26-3)10-14(13)18)7-16(23-25)12-6-15(20)19(21)22-8-12/h6-8,11,13-14,18H,4-5,9-10H2,1-3H3,(H2,21,22)/t13-,14+,18+. The van der Waals surface area contributed by atoms with E-state index in [-0.39, 0.29) is 0 Å². The molecule has 0 bridgehead atoms. The molecule has 2 fully saturated rings. The Morgan fingerprint density at radius 2 is 2.04 bits per heavy atom. The van der Waals surface area contributed by atoms with Gasteiger partial charge in [0.05, 0.1) is 17.3 Å². The number of aromatic nitrogens is 3. The first-order valence-corrected chi connectivity index (χ1v) is 9.59. The predicted octanol–water partition coefficient (Wildman–Crippen LogP) is 3.05. The number of nitrogens with two attached hydrogens (primary N) is 1. The molecule has 1 aliphatic carbocycles. The zero-order valence-electron chi connectivity index (χ0n) is 15.5. The molecule has 0 unspecified atom stereocenters. The Morgan fingerprint density at radius 3 is 2.65 bits per heavy atom. The Balaban J connectivity index is 1.56. The summed E-state index contributed by atoms with van der Waals surface area (Å²) in [6.07, 6.45) is 1.75. The van der Waals surface area contributed by atoms with E-state index in [1.807, 2.05) is 6.07 Å². The molecule has 2 N–H and O–H groups in total. The Labute approximate surface area is 159 Å². The van der Waals surface area contributed by atoms with E-state index in [1.54, 1.807) is 13.3 Å². The Morgan fingerprint density at radius 1 is 1.31 bits per heavy atom. The molecular formula is C19H26ClN5O. The van der Waals surface area contributed by atoms with Crippen LogP contribution in [0.4, 0.5) is 5.82 Å². The van der Waals surface area contributed by atoms with Crippen LogP contribution >= 0.6 is 11.6 Å². The van der Waals surface area contributed by atoms with Crippen molar-refractivity contribution in [2.24, 2.45) is 11.8 Å². The lowest BCUT2D eigenvalue weighted by Crippen LogP contribution is -2.28. The largest absolute Gasteiger partial charge is 0.383 e. The smallest absolute Gasteiger partial charge is 0.142 e. The van der Waals surface area contributed by atoms with E-state index in [0.29, 0.717) is 22.8 Å². The lowest BCUT2D eigenvalue weighted by Gasteiger charge is -2.19. The van der Waals surface area contributed by atoms with Crippen LogP contribution in [-0.2, 0) is 4.74 Å². The maximum atomic E-state index is 6.15. The van der Waals surface area contributed by atoms with Crippen molar-refractivity contribution in [1.29, 1.82) is 0 Å². The molecule has 26 heavy (non-hydrogen) atoms. The molecule has 6 nitrogen and oxygen atoms in total. The van der Waals surface area contributed by atoms with Crippen molar-refractivity contribution in [3.63, 3.8) is 0 Å². The number of hydrogen-bond acceptors (Lipinski definition) is 5. The molecular weight excluding hydrogens is 350 g/mol. The number of halogens is 1. The maximum absolute atomic E-state index is 6.15. The third-order valence-electron chi connectivity index (χ3n) is 5.64. The number of hydrogen-bond donors (Lipinski definition) is 1. The Bertz CT molecular complexity index is 793. The van der Waals surface area contributed by atoms with Crippen LogP contribution in [0.5, 0.6) is 0 Å². The number of nitrogen functional groups attached to an aromatic ring is 1. The van der Waals surface area contributed by atoms with Gasteiger partial charge < -0.3 is 15.4 Å². The van der Waals surface area contributed by atoms with E-state index in [9.17, 15) is 0 Å². The number of piperidine rings is 1. The van der Waals surface area contributed by atoms with Crippen LogP contribution in [0.1, 0.15) is 31.5 Å².